The molecular weight excluding hydrogens is 222 g/mol. The molecule has 0 spiro atoms. The Kier molecular flexibility index (Phi) is 8.14. The van der Waals surface area contributed by atoms with Crippen molar-refractivity contribution in [2.24, 2.45) is 5.92 Å². The molecular formula is C12H15NO4. The summed E-state index contributed by atoms with van der Waals surface area (Å²) in [7, 11) is 0. The van der Waals surface area contributed by atoms with Gasteiger partial charge in [-0.2, -0.15) is 5.26 Å². The first kappa shape index (κ1) is 15.0. The summed E-state index contributed by atoms with van der Waals surface area (Å²) in [6, 6.07) is 1.94. The highest BCUT2D eigenvalue weighted by molar-refractivity contribution is 5.79. The molecule has 0 aromatic rings. The first-order valence-electron chi connectivity index (χ1n) is 5.24. The zero-order valence-corrected chi connectivity index (χ0v) is 9.77. The summed E-state index contributed by atoms with van der Waals surface area (Å²) >= 11 is 0. The maximum Gasteiger partial charge on any atom is 0.309 e. The molecule has 0 aliphatic heterocycles. The summed E-state index contributed by atoms with van der Waals surface area (Å²) in [6.07, 6.45) is 5.70. The zero-order chi connectivity index (χ0) is 13.1. The van der Waals surface area contributed by atoms with E-state index in [-0.39, 0.29) is 19.6 Å². The van der Waals surface area contributed by atoms with Crippen LogP contribution in [0.5, 0.6) is 0 Å². The van der Waals surface area contributed by atoms with E-state index in [0.717, 1.165) is 0 Å². The van der Waals surface area contributed by atoms with E-state index in [4.69, 9.17) is 16.4 Å². The number of ether oxygens (including phenoxy) is 2. The summed E-state index contributed by atoms with van der Waals surface area (Å²) in [5.74, 6) is 0.597. The van der Waals surface area contributed by atoms with Gasteiger partial charge < -0.3 is 9.47 Å². The Morgan fingerprint density at radius 2 is 2.12 bits per heavy atom. The van der Waals surface area contributed by atoms with Gasteiger partial charge in [0, 0.05) is 6.42 Å². The molecule has 5 nitrogen and oxygen atoms in total. The van der Waals surface area contributed by atoms with Crippen LogP contribution in [0, 0.1) is 29.6 Å². The molecule has 0 bridgehead atoms. The van der Waals surface area contributed by atoms with Crippen LogP contribution in [0.4, 0.5) is 0 Å². The zero-order valence-electron chi connectivity index (χ0n) is 9.77. The molecule has 92 valence electrons. The highest BCUT2D eigenvalue weighted by atomic mass is 16.5. The largest absolute Gasteiger partial charge is 0.465 e. The van der Waals surface area contributed by atoms with Crippen LogP contribution in [0.1, 0.15) is 26.2 Å². The van der Waals surface area contributed by atoms with Gasteiger partial charge in [-0.3, -0.25) is 9.59 Å². The van der Waals surface area contributed by atoms with E-state index >= 15 is 0 Å². The summed E-state index contributed by atoms with van der Waals surface area (Å²) in [5, 5.41) is 8.27. The van der Waals surface area contributed by atoms with Crippen molar-refractivity contribution in [2.75, 3.05) is 13.2 Å². The number of nitriles is 1. The van der Waals surface area contributed by atoms with Crippen LogP contribution in [0.2, 0.25) is 0 Å². The van der Waals surface area contributed by atoms with E-state index in [1.165, 1.54) is 0 Å². The quantitative estimate of drug-likeness (QED) is 0.375. The van der Waals surface area contributed by atoms with E-state index < -0.39 is 17.9 Å². The Morgan fingerprint density at radius 1 is 1.41 bits per heavy atom. The number of carbonyl (C=O) groups is 2. The molecule has 0 fully saturated rings. The third kappa shape index (κ3) is 7.87. The minimum Gasteiger partial charge on any atom is -0.465 e. The average molecular weight is 237 g/mol. The van der Waals surface area contributed by atoms with Crippen molar-refractivity contribution >= 4 is 11.9 Å². The Bertz CT molecular complexity index is 337. The fourth-order valence-electron chi connectivity index (χ4n) is 0.981. The molecule has 0 saturated heterocycles. The molecule has 0 radical (unpaired) electrons. The number of hydrogen-bond acceptors (Lipinski definition) is 5. The van der Waals surface area contributed by atoms with Crippen LogP contribution in [0.25, 0.3) is 0 Å². The predicted octanol–water partition coefficient (Wildman–Crippen LogP) is 1.04. The summed E-state index contributed by atoms with van der Waals surface area (Å²) in [4.78, 5) is 22.5. The smallest absolute Gasteiger partial charge is 0.309 e. The fraction of sp³-hybridized carbons (Fsp3) is 0.583. The second-order valence-electron chi connectivity index (χ2n) is 3.40. The number of unbranched alkanes of at least 4 members (excludes halogenated alkanes) is 1. The van der Waals surface area contributed by atoms with Crippen molar-refractivity contribution in [3.8, 4) is 18.4 Å². The molecule has 0 aliphatic rings. The van der Waals surface area contributed by atoms with Gasteiger partial charge in [-0.05, 0) is 6.42 Å². The van der Waals surface area contributed by atoms with Crippen molar-refractivity contribution in [2.45, 2.75) is 26.2 Å². The molecule has 0 aromatic carbocycles. The van der Waals surface area contributed by atoms with Gasteiger partial charge in [0.05, 0.1) is 25.0 Å². The van der Waals surface area contributed by atoms with Gasteiger partial charge in [0.15, 0.2) is 6.61 Å². The van der Waals surface area contributed by atoms with Gasteiger partial charge in [0.25, 0.3) is 0 Å². The number of nitrogens with zero attached hydrogens (tertiary/aromatic N) is 1. The van der Waals surface area contributed by atoms with Crippen LogP contribution in [0.15, 0.2) is 0 Å². The average Bonchev–Trinajstić information content (AvgIpc) is 2.31. The molecule has 0 aromatic heterocycles. The van der Waals surface area contributed by atoms with E-state index in [2.05, 4.69) is 10.7 Å². The van der Waals surface area contributed by atoms with Crippen LogP contribution in [-0.2, 0) is 19.1 Å². The van der Waals surface area contributed by atoms with Crippen molar-refractivity contribution in [3.63, 3.8) is 0 Å². The lowest BCUT2D eigenvalue weighted by Crippen LogP contribution is -2.20. The van der Waals surface area contributed by atoms with E-state index in [0.29, 0.717) is 12.8 Å². The summed E-state index contributed by atoms with van der Waals surface area (Å²) < 4.78 is 9.50. The van der Waals surface area contributed by atoms with Crippen molar-refractivity contribution in [1.82, 2.24) is 0 Å². The first-order chi connectivity index (χ1) is 8.11. The van der Waals surface area contributed by atoms with Crippen LogP contribution < -0.4 is 0 Å². The minimum atomic E-state index is -0.567. The third-order valence-electron chi connectivity index (χ3n) is 1.87. The molecule has 0 saturated carbocycles. The summed E-state index contributed by atoms with van der Waals surface area (Å²) in [6.45, 7) is 1.67. The molecule has 0 N–H and O–H groups in total. The first-order valence-corrected chi connectivity index (χ1v) is 5.24. The number of terminal acetylenes is 1. The minimum absolute atomic E-state index is 0.0568. The lowest BCUT2D eigenvalue weighted by atomic mass is 10.1. The number of hydrogen-bond donors (Lipinski definition) is 0. The second kappa shape index (κ2) is 9.23. The standard InChI is InChI=1S/C12H15NO4/c1-3-7-16-11(14)9-10(2)12(15)17-8-5-4-6-13/h1,10H,4-5,7-9H2,2H3. The van der Waals surface area contributed by atoms with Gasteiger partial charge in [-0.25, -0.2) is 0 Å². The molecule has 1 atom stereocenters. The van der Waals surface area contributed by atoms with Gasteiger partial charge in [-0.15, -0.1) is 6.42 Å². The van der Waals surface area contributed by atoms with Gasteiger partial charge in [0.2, 0.25) is 0 Å². The van der Waals surface area contributed by atoms with Crippen molar-refractivity contribution in [1.29, 1.82) is 5.26 Å². The fourth-order valence-corrected chi connectivity index (χ4v) is 0.981. The molecule has 5 heteroatoms. The highest BCUT2D eigenvalue weighted by Gasteiger charge is 2.18. The van der Waals surface area contributed by atoms with Crippen LogP contribution >= 0.6 is 0 Å². The second-order valence-corrected chi connectivity index (χ2v) is 3.40. The molecule has 1 unspecified atom stereocenters. The van der Waals surface area contributed by atoms with Crippen LogP contribution in [-0.4, -0.2) is 25.2 Å². The topological polar surface area (TPSA) is 76.4 Å². The lowest BCUT2D eigenvalue weighted by molar-refractivity contribution is -0.154. The number of rotatable bonds is 7. The van der Waals surface area contributed by atoms with E-state index in [1.807, 2.05) is 6.07 Å². The van der Waals surface area contributed by atoms with Crippen LogP contribution in [0.3, 0.4) is 0 Å². The maximum atomic E-state index is 11.4. The molecule has 0 heterocycles. The number of esters is 2. The molecule has 0 amide bonds. The summed E-state index contributed by atoms with van der Waals surface area (Å²) in [5.41, 5.74) is 0. The van der Waals surface area contributed by atoms with E-state index in [1.54, 1.807) is 6.92 Å². The third-order valence-corrected chi connectivity index (χ3v) is 1.87. The Hall–Kier alpha value is -2.01. The maximum absolute atomic E-state index is 11.4. The molecule has 0 aliphatic carbocycles. The Labute approximate surface area is 101 Å². The SMILES string of the molecule is C#CCOC(=O)CC(C)C(=O)OCCCC#N. The van der Waals surface area contributed by atoms with Crippen molar-refractivity contribution < 1.29 is 19.1 Å². The highest BCUT2D eigenvalue weighted by Crippen LogP contribution is 2.06. The number of carbonyl (C=O) groups excluding carboxylic acids is 2. The normalized spacial score (nSPS) is 10.8. The van der Waals surface area contributed by atoms with Gasteiger partial charge in [0.1, 0.15) is 0 Å². The van der Waals surface area contributed by atoms with Gasteiger partial charge >= 0.3 is 11.9 Å². The lowest BCUT2D eigenvalue weighted by Gasteiger charge is -2.09. The van der Waals surface area contributed by atoms with Gasteiger partial charge in [-0.1, -0.05) is 12.8 Å². The molecule has 0 rings (SSSR count). The monoisotopic (exact) mass is 237 g/mol. The molecule has 17 heavy (non-hydrogen) atoms. The van der Waals surface area contributed by atoms with Crippen molar-refractivity contribution in [3.05, 3.63) is 0 Å². The van der Waals surface area contributed by atoms with E-state index in [9.17, 15) is 9.59 Å². The predicted molar refractivity (Wildman–Crippen MR) is 59.4 cm³/mol. The Morgan fingerprint density at radius 3 is 2.71 bits per heavy atom. The Balaban J connectivity index is 3.78.